The Bertz CT molecular complexity index is 507. The van der Waals surface area contributed by atoms with Crippen LogP contribution in [0, 0.1) is 6.92 Å². The maximum Gasteiger partial charge on any atom is 0.0361 e. The molecule has 0 aliphatic carbocycles. The first-order valence-electron chi connectivity index (χ1n) is 6.71. The molecule has 2 rings (SSSR count). The van der Waals surface area contributed by atoms with Crippen molar-refractivity contribution in [3.8, 4) is 0 Å². The van der Waals surface area contributed by atoms with Crippen molar-refractivity contribution >= 4 is 27.3 Å². The van der Waals surface area contributed by atoms with E-state index >= 15 is 0 Å². The van der Waals surface area contributed by atoms with Crippen molar-refractivity contribution in [1.82, 2.24) is 5.32 Å². The largest absolute Gasteiger partial charge is 0.310 e. The highest BCUT2D eigenvalue weighted by Gasteiger charge is 2.12. The zero-order valence-corrected chi connectivity index (χ0v) is 13.9. The van der Waals surface area contributed by atoms with E-state index in [1.54, 1.807) is 11.3 Å². The van der Waals surface area contributed by atoms with Crippen molar-refractivity contribution < 1.29 is 0 Å². The lowest BCUT2D eigenvalue weighted by atomic mass is 9.99. The van der Waals surface area contributed by atoms with Crippen LogP contribution in [0.1, 0.15) is 36.1 Å². The van der Waals surface area contributed by atoms with Gasteiger partial charge in [-0.1, -0.05) is 35.0 Å². The molecule has 0 saturated heterocycles. The number of hydrogen-bond acceptors (Lipinski definition) is 2. The summed E-state index contributed by atoms with van der Waals surface area (Å²) >= 11 is 5.34. The third kappa shape index (κ3) is 4.16. The summed E-state index contributed by atoms with van der Waals surface area (Å²) in [6, 6.07) is 9.28. The molecule has 1 unspecified atom stereocenters. The zero-order valence-electron chi connectivity index (χ0n) is 11.4. The molecule has 1 N–H and O–H groups in total. The maximum atomic E-state index is 3.66. The van der Waals surface area contributed by atoms with Crippen LogP contribution < -0.4 is 5.32 Å². The van der Waals surface area contributed by atoms with Gasteiger partial charge in [0.2, 0.25) is 0 Å². The van der Waals surface area contributed by atoms with Crippen LogP contribution in [0.4, 0.5) is 0 Å². The summed E-state index contributed by atoms with van der Waals surface area (Å²) < 4.78 is 1.18. The molecule has 19 heavy (non-hydrogen) atoms. The predicted molar refractivity (Wildman–Crippen MR) is 87.9 cm³/mol. The fraction of sp³-hybridized carbons (Fsp3) is 0.375. The number of rotatable bonds is 6. The van der Waals surface area contributed by atoms with Crippen LogP contribution in [0.15, 0.2) is 39.5 Å². The fourth-order valence-corrected chi connectivity index (χ4v) is 3.08. The molecule has 1 heterocycles. The molecule has 1 aromatic carbocycles. The molecule has 0 radical (unpaired) electrons. The molecule has 0 fully saturated rings. The van der Waals surface area contributed by atoms with E-state index < -0.39 is 0 Å². The van der Waals surface area contributed by atoms with E-state index in [2.05, 4.69) is 70.1 Å². The van der Waals surface area contributed by atoms with E-state index in [9.17, 15) is 0 Å². The Morgan fingerprint density at radius 2 is 2.16 bits per heavy atom. The van der Waals surface area contributed by atoms with Gasteiger partial charge < -0.3 is 5.32 Å². The van der Waals surface area contributed by atoms with E-state index in [0.29, 0.717) is 6.04 Å². The number of aryl methyl sites for hydroxylation is 1. The number of hydrogen-bond donors (Lipinski definition) is 1. The highest BCUT2D eigenvalue weighted by molar-refractivity contribution is 9.10. The van der Waals surface area contributed by atoms with Gasteiger partial charge in [0.15, 0.2) is 0 Å². The highest BCUT2D eigenvalue weighted by atomic mass is 79.9. The summed E-state index contributed by atoms with van der Waals surface area (Å²) in [6.07, 6.45) is 2.22. The molecular formula is C16H20BrNS. The van der Waals surface area contributed by atoms with Crippen LogP contribution in [0.3, 0.4) is 0 Å². The standard InChI is InChI=1S/C16H20BrNS/c1-3-7-18-16(10-13-6-8-19-11-13)14-4-5-15(17)12(2)9-14/h4-6,8-9,11,16,18H,3,7,10H2,1-2H3. The fourth-order valence-electron chi connectivity index (χ4n) is 2.16. The molecule has 1 nitrogen and oxygen atoms in total. The quantitative estimate of drug-likeness (QED) is 0.772. The van der Waals surface area contributed by atoms with Gasteiger partial charge in [-0.15, -0.1) is 0 Å². The van der Waals surface area contributed by atoms with Crippen LogP contribution in [-0.4, -0.2) is 6.54 Å². The summed E-state index contributed by atoms with van der Waals surface area (Å²) in [7, 11) is 0. The highest BCUT2D eigenvalue weighted by Crippen LogP contribution is 2.24. The Morgan fingerprint density at radius 3 is 2.79 bits per heavy atom. The number of halogens is 1. The molecule has 3 heteroatoms. The maximum absolute atomic E-state index is 3.66. The lowest BCUT2D eigenvalue weighted by molar-refractivity contribution is 0.529. The molecular weight excluding hydrogens is 318 g/mol. The van der Waals surface area contributed by atoms with Crippen molar-refractivity contribution in [3.05, 3.63) is 56.2 Å². The molecule has 0 spiro atoms. The molecule has 0 amide bonds. The van der Waals surface area contributed by atoms with Gasteiger partial charge in [0.25, 0.3) is 0 Å². The first-order valence-corrected chi connectivity index (χ1v) is 8.44. The monoisotopic (exact) mass is 337 g/mol. The lowest BCUT2D eigenvalue weighted by Crippen LogP contribution is -2.24. The molecule has 102 valence electrons. The smallest absolute Gasteiger partial charge is 0.0361 e. The van der Waals surface area contributed by atoms with E-state index in [-0.39, 0.29) is 0 Å². The molecule has 0 aliphatic rings. The van der Waals surface area contributed by atoms with Crippen LogP contribution in [0.25, 0.3) is 0 Å². The summed E-state index contributed by atoms with van der Waals surface area (Å²) in [6.45, 7) is 5.42. The SMILES string of the molecule is CCCNC(Cc1ccsc1)c1ccc(Br)c(C)c1. The molecule has 0 aliphatic heterocycles. The Labute approximate surface area is 128 Å². The van der Waals surface area contributed by atoms with Crippen LogP contribution >= 0.6 is 27.3 Å². The number of nitrogens with one attached hydrogen (secondary N) is 1. The second-order valence-corrected chi connectivity index (χ2v) is 6.49. The number of benzene rings is 1. The Morgan fingerprint density at radius 1 is 1.32 bits per heavy atom. The normalized spacial score (nSPS) is 12.6. The zero-order chi connectivity index (χ0) is 13.7. The Kier molecular flexibility index (Phi) is 5.61. The molecule has 1 aromatic heterocycles. The first kappa shape index (κ1) is 14.8. The summed E-state index contributed by atoms with van der Waals surface area (Å²) in [4.78, 5) is 0. The topological polar surface area (TPSA) is 12.0 Å². The van der Waals surface area contributed by atoms with Crippen molar-refractivity contribution in [3.63, 3.8) is 0 Å². The summed E-state index contributed by atoms with van der Waals surface area (Å²) in [5, 5.41) is 8.05. The number of thiophene rings is 1. The van der Waals surface area contributed by atoms with Crippen molar-refractivity contribution in [2.75, 3.05) is 6.54 Å². The van der Waals surface area contributed by atoms with E-state index in [4.69, 9.17) is 0 Å². The minimum Gasteiger partial charge on any atom is -0.310 e. The van der Waals surface area contributed by atoms with Gasteiger partial charge >= 0.3 is 0 Å². The van der Waals surface area contributed by atoms with E-state index in [1.165, 1.54) is 21.2 Å². The van der Waals surface area contributed by atoms with Gasteiger partial charge in [0, 0.05) is 10.5 Å². The third-order valence-electron chi connectivity index (χ3n) is 3.25. The minimum atomic E-state index is 0.404. The summed E-state index contributed by atoms with van der Waals surface area (Å²) in [5.74, 6) is 0. The van der Waals surface area contributed by atoms with Gasteiger partial charge in [-0.2, -0.15) is 11.3 Å². The lowest BCUT2D eigenvalue weighted by Gasteiger charge is -2.19. The van der Waals surface area contributed by atoms with Gasteiger partial charge in [-0.05, 0) is 65.9 Å². The van der Waals surface area contributed by atoms with Gasteiger partial charge in [-0.3, -0.25) is 0 Å². The van der Waals surface area contributed by atoms with Crippen molar-refractivity contribution in [1.29, 1.82) is 0 Å². The van der Waals surface area contributed by atoms with Gasteiger partial charge in [-0.25, -0.2) is 0 Å². The van der Waals surface area contributed by atoms with Gasteiger partial charge in [0.05, 0.1) is 0 Å². The van der Waals surface area contributed by atoms with Crippen LogP contribution in [0.5, 0.6) is 0 Å². The van der Waals surface area contributed by atoms with E-state index in [1.807, 2.05) is 0 Å². The van der Waals surface area contributed by atoms with Crippen LogP contribution in [0.2, 0.25) is 0 Å². The average molecular weight is 338 g/mol. The predicted octanol–water partition coefficient (Wildman–Crippen LogP) is 5.10. The molecule has 2 aromatic rings. The third-order valence-corrected chi connectivity index (χ3v) is 4.87. The van der Waals surface area contributed by atoms with Crippen LogP contribution in [-0.2, 0) is 6.42 Å². The summed E-state index contributed by atoms with van der Waals surface area (Å²) in [5.41, 5.74) is 4.09. The molecule has 1 atom stereocenters. The van der Waals surface area contributed by atoms with Crippen molar-refractivity contribution in [2.45, 2.75) is 32.7 Å². The Hall–Kier alpha value is -0.640. The molecule has 0 bridgehead atoms. The van der Waals surface area contributed by atoms with Gasteiger partial charge in [0.1, 0.15) is 0 Å². The second kappa shape index (κ2) is 7.22. The van der Waals surface area contributed by atoms with Crippen molar-refractivity contribution in [2.24, 2.45) is 0 Å². The first-order chi connectivity index (χ1) is 9.20. The second-order valence-electron chi connectivity index (χ2n) is 4.85. The Balaban J connectivity index is 2.18. The van der Waals surface area contributed by atoms with E-state index in [0.717, 1.165) is 19.4 Å². The average Bonchev–Trinajstić information content (AvgIpc) is 2.91. The minimum absolute atomic E-state index is 0.404. The molecule has 0 saturated carbocycles.